The minimum Gasteiger partial charge on any atom is -0.356 e. The first kappa shape index (κ1) is 23.1. The van der Waals surface area contributed by atoms with Crippen LogP contribution in [-0.2, 0) is 26.9 Å². The molecular weight excluding hydrogens is 395 g/mol. The molecule has 0 aromatic heterocycles. The molecule has 1 fully saturated rings. The molecule has 1 aromatic rings. The van der Waals surface area contributed by atoms with E-state index in [-0.39, 0.29) is 18.2 Å². The van der Waals surface area contributed by atoms with Gasteiger partial charge in [0.15, 0.2) is 15.8 Å². The van der Waals surface area contributed by atoms with Crippen molar-refractivity contribution in [3.8, 4) is 0 Å². The van der Waals surface area contributed by atoms with E-state index < -0.39 is 15.7 Å². The number of aliphatic imine (C=N–C) groups is 1. The Bertz CT molecular complexity index is 842. The Morgan fingerprint density at radius 1 is 1.31 bits per heavy atom. The van der Waals surface area contributed by atoms with Gasteiger partial charge in [0.25, 0.3) is 0 Å². The Morgan fingerprint density at radius 3 is 2.72 bits per heavy atom. The van der Waals surface area contributed by atoms with Gasteiger partial charge in [0.05, 0.1) is 5.75 Å². The monoisotopic (exact) mass is 426 g/mol. The standard InChI is InChI=1S/C20H31FN4O3S/c1-15-5-4-10-25(13-15)19(26)8-9-23-20(22-2)24-12-17-11-18(21)7-6-16(17)14-29(3,27)28/h6-7,11,15H,4-5,8-10,12-14H2,1-3H3,(H2,22,23,24). The van der Waals surface area contributed by atoms with E-state index in [2.05, 4.69) is 22.5 Å². The number of hydrogen-bond acceptors (Lipinski definition) is 4. The molecule has 0 aliphatic carbocycles. The summed E-state index contributed by atoms with van der Waals surface area (Å²) >= 11 is 0. The van der Waals surface area contributed by atoms with Crippen LogP contribution >= 0.6 is 0 Å². The number of hydrogen-bond donors (Lipinski definition) is 2. The summed E-state index contributed by atoms with van der Waals surface area (Å²) in [5.41, 5.74) is 1.10. The van der Waals surface area contributed by atoms with Crippen molar-refractivity contribution in [1.29, 1.82) is 0 Å². The fourth-order valence-corrected chi connectivity index (χ4v) is 4.29. The predicted octanol–water partition coefficient (Wildman–Crippen LogP) is 1.68. The average molecular weight is 427 g/mol. The van der Waals surface area contributed by atoms with Crippen LogP contribution in [0.5, 0.6) is 0 Å². The number of rotatable bonds is 7. The van der Waals surface area contributed by atoms with Crippen LogP contribution in [0.2, 0.25) is 0 Å². The molecule has 0 saturated carbocycles. The molecule has 1 unspecified atom stereocenters. The highest BCUT2D eigenvalue weighted by Gasteiger charge is 2.20. The summed E-state index contributed by atoms with van der Waals surface area (Å²) in [5, 5.41) is 6.13. The van der Waals surface area contributed by atoms with Crippen molar-refractivity contribution in [3.63, 3.8) is 0 Å². The van der Waals surface area contributed by atoms with Crippen LogP contribution < -0.4 is 10.6 Å². The van der Waals surface area contributed by atoms with E-state index in [4.69, 9.17) is 0 Å². The van der Waals surface area contributed by atoms with Gasteiger partial charge in [-0.05, 0) is 42.0 Å². The van der Waals surface area contributed by atoms with Gasteiger partial charge in [0.2, 0.25) is 5.91 Å². The van der Waals surface area contributed by atoms with Crippen LogP contribution in [0.25, 0.3) is 0 Å². The third-order valence-electron chi connectivity index (χ3n) is 4.90. The van der Waals surface area contributed by atoms with E-state index in [0.717, 1.165) is 25.8 Å². The maximum Gasteiger partial charge on any atom is 0.224 e. The van der Waals surface area contributed by atoms with E-state index in [1.54, 1.807) is 7.05 Å². The summed E-state index contributed by atoms with van der Waals surface area (Å²) in [5.74, 6) is 0.560. The zero-order chi connectivity index (χ0) is 21.4. The Morgan fingerprint density at radius 2 is 2.07 bits per heavy atom. The third kappa shape index (κ3) is 8.00. The van der Waals surface area contributed by atoms with Crippen LogP contribution in [0.1, 0.15) is 37.3 Å². The first-order valence-electron chi connectivity index (χ1n) is 9.85. The summed E-state index contributed by atoms with van der Waals surface area (Å²) in [6.45, 7) is 4.45. The molecule has 29 heavy (non-hydrogen) atoms. The Hall–Kier alpha value is -2.16. The normalized spacial score (nSPS) is 17.9. The van der Waals surface area contributed by atoms with Crippen molar-refractivity contribution >= 4 is 21.7 Å². The lowest BCUT2D eigenvalue weighted by molar-refractivity contribution is -0.132. The molecular formula is C20H31FN4O3S. The van der Waals surface area contributed by atoms with Crippen molar-refractivity contribution in [2.45, 2.75) is 38.5 Å². The van der Waals surface area contributed by atoms with Gasteiger partial charge >= 0.3 is 0 Å². The third-order valence-corrected chi connectivity index (χ3v) is 5.73. The van der Waals surface area contributed by atoms with Crippen molar-refractivity contribution in [2.24, 2.45) is 10.9 Å². The maximum atomic E-state index is 13.6. The minimum absolute atomic E-state index is 0.125. The second-order valence-electron chi connectivity index (χ2n) is 7.67. The summed E-state index contributed by atoms with van der Waals surface area (Å²) < 4.78 is 36.8. The fraction of sp³-hybridized carbons (Fsp3) is 0.600. The molecule has 1 heterocycles. The lowest BCUT2D eigenvalue weighted by atomic mass is 10.00. The Balaban J connectivity index is 1.86. The topological polar surface area (TPSA) is 90.9 Å². The molecule has 162 valence electrons. The quantitative estimate of drug-likeness (QED) is 0.511. The van der Waals surface area contributed by atoms with Crippen LogP contribution in [0.15, 0.2) is 23.2 Å². The minimum atomic E-state index is -3.23. The number of nitrogens with zero attached hydrogens (tertiary/aromatic N) is 2. The Kier molecular flexibility index (Phi) is 8.43. The van der Waals surface area contributed by atoms with Crippen LogP contribution in [-0.4, -0.2) is 58.1 Å². The van der Waals surface area contributed by atoms with E-state index in [1.807, 2.05) is 4.90 Å². The zero-order valence-electron chi connectivity index (χ0n) is 17.4. The lowest BCUT2D eigenvalue weighted by Gasteiger charge is -2.31. The van der Waals surface area contributed by atoms with Crippen molar-refractivity contribution in [1.82, 2.24) is 15.5 Å². The molecule has 1 amide bonds. The predicted molar refractivity (Wildman–Crippen MR) is 113 cm³/mol. The number of benzene rings is 1. The van der Waals surface area contributed by atoms with Gasteiger partial charge in [0, 0.05) is 45.9 Å². The van der Waals surface area contributed by atoms with E-state index >= 15 is 0 Å². The largest absolute Gasteiger partial charge is 0.356 e. The number of likely N-dealkylation sites (tertiary alicyclic amines) is 1. The van der Waals surface area contributed by atoms with Gasteiger partial charge in [0.1, 0.15) is 5.82 Å². The second kappa shape index (κ2) is 10.6. The molecule has 2 N–H and O–H groups in total. The zero-order valence-corrected chi connectivity index (χ0v) is 18.2. The molecule has 1 aliphatic rings. The van der Waals surface area contributed by atoms with Crippen molar-refractivity contribution in [3.05, 3.63) is 35.1 Å². The van der Waals surface area contributed by atoms with Crippen molar-refractivity contribution in [2.75, 3.05) is 32.9 Å². The molecule has 0 bridgehead atoms. The summed E-state index contributed by atoms with van der Waals surface area (Å²) in [4.78, 5) is 18.4. The highest BCUT2D eigenvalue weighted by molar-refractivity contribution is 7.89. The summed E-state index contributed by atoms with van der Waals surface area (Å²) in [6.07, 6.45) is 3.73. The highest BCUT2D eigenvalue weighted by atomic mass is 32.2. The SMILES string of the molecule is CN=C(NCCC(=O)N1CCCC(C)C1)NCc1cc(F)ccc1CS(C)(=O)=O. The molecule has 0 radical (unpaired) electrons. The second-order valence-corrected chi connectivity index (χ2v) is 9.81. The maximum absolute atomic E-state index is 13.6. The fourth-order valence-electron chi connectivity index (χ4n) is 3.44. The van der Waals surface area contributed by atoms with Gasteiger partial charge in [-0.25, -0.2) is 12.8 Å². The van der Waals surface area contributed by atoms with E-state index in [0.29, 0.717) is 36.0 Å². The number of sulfone groups is 1. The van der Waals surface area contributed by atoms with Crippen LogP contribution in [0.4, 0.5) is 4.39 Å². The Labute approximate surface area is 172 Å². The smallest absolute Gasteiger partial charge is 0.224 e. The number of guanidine groups is 1. The number of halogens is 1. The van der Waals surface area contributed by atoms with Gasteiger partial charge in [-0.3, -0.25) is 9.79 Å². The first-order valence-corrected chi connectivity index (χ1v) is 11.9. The lowest BCUT2D eigenvalue weighted by Crippen LogP contribution is -2.42. The first-order chi connectivity index (χ1) is 13.7. The van der Waals surface area contributed by atoms with Gasteiger partial charge in [-0.15, -0.1) is 0 Å². The van der Waals surface area contributed by atoms with Gasteiger partial charge in [-0.1, -0.05) is 13.0 Å². The van der Waals surface area contributed by atoms with Crippen molar-refractivity contribution < 1.29 is 17.6 Å². The molecule has 7 nitrogen and oxygen atoms in total. The molecule has 2 rings (SSSR count). The number of piperidine rings is 1. The number of carbonyl (C=O) groups is 1. The van der Waals surface area contributed by atoms with Crippen LogP contribution in [0.3, 0.4) is 0 Å². The number of carbonyl (C=O) groups excluding carboxylic acids is 1. The molecule has 1 aromatic carbocycles. The molecule has 9 heteroatoms. The summed E-state index contributed by atoms with van der Waals surface area (Å²) in [6, 6.07) is 4.06. The van der Waals surface area contributed by atoms with E-state index in [1.165, 1.54) is 24.6 Å². The molecule has 1 aliphatic heterocycles. The molecule has 1 saturated heterocycles. The van der Waals surface area contributed by atoms with E-state index in [9.17, 15) is 17.6 Å². The van der Waals surface area contributed by atoms with Crippen LogP contribution in [0, 0.1) is 11.7 Å². The number of amides is 1. The number of nitrogens with one attached hydrogen (secondary N) is 2. The highest BCUT2D eigenvalue weighted by Crippen LogP contribution is 2.16. The average Bonchev–Trinajstić information content (AvgIpc) is 2.65. The molecule has 0 spiro atoms. The van der Waals surface area contributed by atoms with Gasteiger partial charge in [-0.2, -0.15) is 0 Å². The summed E-state index contributed by atoms with van der Waals surface area (Å²) in [7, 11) is -1.63. The molecule has 1 atom stereocenters. The van der Waals surface area contributed by atoms with Gasteiger partial charge < -0.3 is 15.5 Å².